The van der Waals surface area contributed by atoms with Gasteiger partial charge in [-0.25, -0.2) is 8.42 Å². The van der Waals surface area contributed by atoms with E-state index in [-0.39, 0.29) is 10.5 Å². The molecule has 0 aromatic heterocycles. The number of carbonyl (C=O) groups is 2. The maximum atomic E-state index is 12.1. The second-order valence-electron chi connectivity index (χ2n) is 4.49. The van der Waals surface area contributed by atoms with Crippen molar-refractivity contribution in [2.24, 2.45) is 0 Å². The number of nitrogens with one attached hydrogen (secondary N) is 1. The Morgan fingerprint density at radius 3 is 2.33 bits per heavy atom. The van der Waals surface area contributed by atoms with E-state index in [1.165, 1.54) is 24.3 Å². The molecule has 0 aliphatic rings. The van der Waals surface area contributed by atoms with Crippen LogP contribution in [0.5, 0.6) is 0 Å². The Balaban J connectivity index is 2.22. The van der Waals surface area contributed by atoms with E-state index in [1.54, 1.807) is 24.3 Å². The number of anilines is 1. The van der Waals surface area contributed by atoms with Crippen molar-refractivity contribution in [1.29, 1.82) is 0 Å². The highest BCUT2D eigenvalue weighted by atomic mass is 32.2. The van der Waals surface area contributed by atoms with Gasteiger partial charge in [-0.05, 0) is 42.5 Å². The fourth-order valence-electron chi connectivity index (χ4n) is 1.72. The summed E-state index contributed by atoms with van der Waals surface area (Å²) in [5.74, 6) is -0.417. The van der Waals surface area contributed by atoms with Crippen molar-refractivity contribution in [3.05, 3.63) is 59.7 Å². The van der Waals surface area contributed by atoms with Gasteiger partial charge in [-0.2, -0.15) is 0 Å². The van der Waals surface area contributed by atoms with Gasteiger partial charge in [0.2, 0.25) is 0 Å². The summed E-state index contributed by atoms with van der Waals surface area (Å²) in [6, 6.07) is 12.2. The standard InChI is InChI=1S/C15H13NO4S/c1-21(19,20)14-4-2-3-12(9-14)15(18)16-13-7-5-11(10-17)6-8-13/h2-10H,1H3,(H,16,18). The molecule has 2 aromatic rings. The van der Waals surface area contributed by atoms with Crippen molar-refractivity contribution in [3.63, 3.8) is 0 Å². The molecule has 0 atom stereocenters. The van der Waals surface area contributed by atoms with Gasteiger partial charge in [-0.1, -0.05) is 6.07 Å². The fourth-order valence-corrected chi connectivity index (χ4v) is 2.38. The van der Waals surface area contributed by atoms with Crippen LogP contribution < -0.4 is 5.32 Å². The van der Waals surface area contributed by atoms with E-state index in [2.05, 4.69) is 5.32 Å². The lowest BCUT2D eigenvalue weighted by atomic mass is 10.2. The first-order chi connectivity index (χ1) is 9.90. The summed E-state index contributed by atoms with van der Waals surface area (Å²) in [4.78, 5) is 22.7. The molecular weight excluding hydrogens is 290 g/mol. The zero-order valence-corrected chi connectivity index (χ0v) is 12.1. The van der Waals surface area contributed by atoms with Gasteiger partial charge in [0.25, 0.3) is 5.91 Å². The van der Waals surface area contributed by atoms with Gasteiger partial charge in [0.1, 0.15) is 6.29 Å². The number of rotatable bonds is 4. The maximum Gasteiger partial charge on any atom is 0.255 e. The van der Waals surface area contributed by atoms with Crippen molar-refractivity contribution < 1.29 is 18.0 Å². The minimum atomic E-state index is -3.36. The number of carbonyl (C=O) groups excluding carboxylic acids is 2. The molecule has 0 heterocycles. The number of hydrogen-bond donors (Lipinski definition) is 1. The molecule has 0 spiro atoms. The molecule has 21 heavy (non-hydrogen) atoms. The second-order valence-corrected chi connectivity index (χ2v) is 6.51. The van der Waals surface area contributed by atoms with Crippen LogP contribution in [0, 0.1) is 0 Å². The number of hydrogen-bond acceptors (Lipinski definition) is 4. The molecule has 0 saturated heterocycles. The number of amides is 1. The minimum absolute atomic E-state index is 0.0893. The molecular formula is C15H13NO4S. The number of sulfone groups is 1. The Bertz CT molecular complexity index is 780. The number of aldehydes is 1. The first kappa shape index (κ1) is 14.9. The molecule has 6 heteroatoms. The summed E-state index contributed by atoms with van der Waals surface area (Å²) in [6.45, 7) is 0. The first-order valence-electron chi connectivity index (χ1n) is 6.07. The van der Waals surface area contributed by atoms with Gasteiger partial charge in [-0.15, -0.1) is 0 Å². The average molecular weight is 303 g/mol. The van der Waals surface area contributed by atoms with E-state index in [4.69, 9.17) is 0 Å². The smallest absolute Gasteiger partial charge is 0.255 e. The van der Waals surface area contributed by atoms with Gasteiger partial charge in [0.05, 0.1) is 4.90 Å². The summed E-state index contributed by atoms with van der Waals surface area (Å²) < 4.78 is 22.9. The third kappa shape index (κ3) is 3.76. The van der Waals surface area contributed by atoms with E-state index in [0.717, 1.165) is 6.26 Å². The van der Waals surface area contributed by atoms with Crippen molar-refractivity contribution in [2.75, 3.05) is 11.6 Å². The van der Waals surface area contributed by atoms with E-state index in [0.29, 0.717) is 17.5 Å². The van der Waals surface area contributed by atoms with Crippen LogP contribution in [-0.4, -0.2) is 26.9 Å². The van der Waals surface area contributed by atoms with Gasteiger partial charge >= 0.3 is 0 Å². The molecule has 2 rings (SSSR count). The molecule has 0 radical (unpaired) electrons. The quantitative estimate of drug-likeness (QED) is 0.878. The average Bonchev–Trinajstić information content (AvgIpc) is 2.47. The molecule has 2 aromatic carbocycles. The zero-order chi connectivity index (χ0) is 15.5. The Morgan fingerprint density at radius 2 is 1.76 bits per heavy atom. The van der Waals surface area contributed by atoms with Crippen LogP contribution in [0.15, 0.2) is 53.4 Å². The molecule has 0 fully saturated rings. The highest BCUT2D eigenvalue weighted by molar-refractivity contribution is 7.90. The molecule has 0 aliphatic heterocycles. The lowest BCUT2D eigenvalue weighted by Crippen LogP contribution is -2.12. The van der Waals surface area contributed by atoms with E-state index in [9.17, 15) is 18.0 Å². The van der Waals surface area contributed by atoms with Crippen molar-refractivity contribution in [1.82, 2.24) is 0 Å². The van der Waals surface area contributed by atoms with E-state index in [1.807, 2.05) is 0 Å². The predicted molar refractivity (Wildman–Crippen MR) is 79.3 cm³/mol. The summed E-state index contributed by atoms with van der Waals surface area (Å²) in [7, 11) is -3.36. The van der Waals surface area contributed by atoms with Gasteiger partial charge in [0, 0.05) is 23.1 Å². The lowest BCUT2D eigenvalue weighted by Gasteiger charge is -2.06. The monoisotopic (exact) mass is 303 g/mol. The van der Waals surface area contributed by atoms with Crippen LogP contribution in [0.25, 0.3) is 0 Å². The molecule has 0 aliphatic carbocycles. The van der Waals surface area contributed by atoms with Crippen LogP contribution in [0.4, 0.5) is 5.69 Å². The van der Waals surface area contributed by atoms with E-state index >= 15 is 0 Å². The predicted octanol–water partition coefficient (Wildman–Crippen LogP) is 2.15. The summed E-state index contributed by atoms with van der Waals surface area (Å²) in [5.41, 5.74) is 1.28. The topological polar surface area (TPSA) is 80.3 Å². The molecule has 0 saturated carbocycles. The fraction of sp³-hybridized carbons (Fsp3) is 0.0667. The Morgan fingerprint density at radius 1 is 1.10 bits per heavy atom. The van der Waals surface area contributed by atoms with Gasteiger partial charge < -0.3 is 5.32 Å². The van der Waals surface area contributed by atoms with Crippen molar-refractivity contribution >= 4 is 27.7 Å². The first-order valence-corrected chi connectivity index (χ1v) is 7.96. The summed E-state index contributed by atoms with van der Waals surface area (Å²) in [6.07, 6.45) is 1.79. The van der Waals surface area contributed by atoms with Crippen LogP contribution in [0.3, 0.4) is 0 Å². The van der Waals surface area contributed by atoms with Gasteiger partial charge in [-0.3, -0.25) is 9.59 Å². The van der Waals surface area contributed by atoms with Crippen molar-refractivity contribution in [3.8, 4) is 0 Å². The van der Waals surface area contributed by atoms with Crippen LogP contribution in [0.1, 0.15) is 20.7 Å². The SMILES string of the molecule is CS(=O)(=O)c1cccc(C(=O)Nc2ccc(C=O)cc2)c1. The van der Waals surface area contributed by atoms with Crippen molar-refractivity contribution in [2.45, 2.75) is 4.90 Å². The van der Waals surface area contributed by atoms with Crippen LogP contribution in [0.2, 0.25) is 0 Å². The highest BCUT2D eigenvalue weighted by Gasteiger charge is 2.11. The zero-order valence-electron chi connectivity index (χ0n) is 11.2. The van der Waals surface area contributed by atoms with Crippen LogP contribution in [-0.2, 0) is 9.84 Å². The third-order valence-corrected chi connectivity index (χ3v) is 3.94. The van der Waals surface area contributed by atoms with Gasteiger partial charge in [0.15, 0.2) is 9.84 Å². The molecule has 5 nitrogen and oxygen atoms in total. The largest absolute Gasteiger partial charge is 0.322 e. The molecule has 0 bridgehead atoms. The minimum Gasteiger partial charge on any atom is -0.322 e. The molecule has 1 amide bonds. The molecule has 108 valence electrons. The number of benzene rings is 2. The Kier molecular flexibility index (Phi) is 4.18. The van der Waals surface area contributed by atoms with Crippen LogP contribution >= 0.6 is 0 Å². The second kappa shape index (κ2) is 5.88. The Labute approximate surface area is 122 Å². The van der Waals surface area contributed by atoms with E-state index < -0.39 is 15.7 Å². The Hall–Kier alpha value is -2.47. The summed E-state index contributed by atoms with van der Waals surface area (Å²) >= 11 is 0. The third-order valence-electron chi connectivity index (χ3n) is 2.83. The highest BCUT2D eigenvalue weighted by Crippen LogP contribution is 2.14. The lowest BCUT2D eigenvalue weighted by molar-refractivity contribution is 0.102. The molecule has 0 unspecified atom stereocenters. The maximum absolute atomic E-state index is 12.1. The normalized spacial score (nSPS) is 10.9. The molecule has 1 N–H and O–H groups in total. The summed E-state index contributed by atoms with van der Waals surface area (Å²) in [5, 5.41) is 2.64.